The molecule has 1 heterocycles. The van der Waals surface area contributed by atoms with E-state index in [2.05, 4.69) is 15.5 Å². The SMILES string of the molecule is O=C(NC1CCCC1)c1ccnnc1. The van der Waals surface area contributed by atoms with Crippen molar-refractivity contribution in [3.05, 3.63) is 24.0 Å². The van der Waals surface area contributed by atoms with Crippen molar-refractivity contribution in [3.8, 4) is 0 Å². The monoisotopic (exact) mass is 191 g/mol. The Labute approximate surface area is 82.7 Å². The number of hydrogen-bond acceptors (Lipinski definition) is 3. The molecule has 4 nitrogen and oxygen atoms in total. The van der Waals surface area contributed by atoms with E-state index >= 15 is 0 Å². The van der Waals surface area contributed by atoms with Crippen LogP contribution in [0, 0.1) is 0 Å². The maximum atomic E-state index is 11.6. The average molecular weight is 191 g/mol. The van der Waals surface area contributed by atoms with Crippen molar-refractivity contribution < 1.29 is 4.79 Å². The van der Waals surface area contributed by atoms with Crippen LogP contribution in [0.5, 0.6) is 0 Å². The molecule has 1 saturated carbocycles. The Hall–Kier alpha value is -1.45. The maximum absolute atomic E-state index is 11.6. The van der Waals surface area contributed by atoms with E-state index in [0.29, 0.717) is 11.6 Å². The summed E-state index contributed by atoms with van der Waals surface area (Å²) >= 11 is 0. The summed E-state index contributed by atoms with van der Waals surface area (Å²) in [5, 5.41) is 10.3. The summed E-state index contributed by atoms with van der Waals surface area (Å²) in [6.07, 6.45) is 7.67. The van der Waals surface area contributed by atoms with Crippen molar-refractivity contribution in [2.75, 3.05) is 0 Å². The average Bonchev–Trinajstić information content (AvgIpc) is 2.72. The Morgan fingerprint density at radius 2 is 2.14 bits per heavy atom. The molecule has 1 aromatic rings. The molecule has 74 valence electrons. The summed E-state index contributed by atoms with van der Waals surface area (Å²) in [5.41, 5.74) is 0.590. The number of amides is 1. The number of hydrogen-bond donors (Lipinski definition) is 1. The molecule has 0 bridgehead atoms. The molecule has 1 aliphatic carbocycles. The number of aromatic nitrogens is 2. The van der Waals surface area contributed by atoms with E-state index in [0.717, 1.165) is 12.8 Å². The summed E-state index contributed by atoms with van der Waals surface area (Å²) in [6.45, 7) is 0. The van der Waals surface area contributed by atoms with Gasteiger partial charge in [0.2, 0.25) is 0 Å². The molecule has 14 heavy (non-hydrogen) atoms. The molecule has 0 atom stereocenters. The van der Waals surface area contributed by atoms with Gasteiger partial charge in [-0.25, -0.2) is 0 Å². The minimum atomic E-state index is -0.0354. The van der Waals surface area contributed by atoms with Crippen LogP contribution in [0.25, 0.3) is 0 Å². The Morgan fingerprint density at radius 1 is 1.36 bits per heavy atom. The molecule has 0 radical (unpaired) electrons. The quantitative estimate of drug-likeness (QED) is 0.762. The smallest absolute Gasteiger partial charge is 0.253 e. The maximum Gasteiger partial charge on any atom is 0.253 e. The third-order valence-corrected chi connectivity index (χ3v) is 2.54. The first-order valence-corrected chi connectivity index (χ1v) is 4.94. The Balaban J connectivity index is 1.95. The van der Waals surface area contributed by atoms with E-state index in [1.165, 1.54) is 25.2 Å². The third kappa shape index (κ3) is 2.07. The summed E-state index contributed by atoms with van der Waals surface area (Å²) in [5.74, 6) is -0.0354. The van der Waals surface area contributed by atoms with Crippen molar-refractivity contribution in [2.24, 2.45) is 0 Å². The van der Waals surface area contributed by atoms with Gasteiger partial charge in [-0.05, 0) is 18.9 Å². The van der Waals surface area contributed by atoms with Crippen LogP contribution in [0.3, 0.4) is 0 Å². The summed E-state index contributed by atoms with van der Waals surface area (Å²) < 4.78 is 0. The van der Waals surface area contributed by atoms with Crippen molar-refractivity contribution in [1.29, 1.82) is 0 Å². The molecule has 0 unspecified atom stereocenters. The largest absolute Gasteiger partial charge is 0.349 e. The lowest BCUT2D eigenvalue weighted by atomic mass is 10.2. The Kier molecular flexibility index (Phi) is 2.72. The van der Waals surface area contributed by atoms with Gasteiger partial charge in [0.05, 0.1) is 18.0 Å². The zero-order chi connectivity index (χ0) is 9.80. The van der Waals surface area contributed by atoms with Crippen LogP contribution in [-0.2, 0) is 0 Å². The second-order valence-corrected chi connectivity index (χ2v) is 3.59. The Bertz CT molecular complexity index is 306. The minimum Gasteiger partial charge on any atom is -0.349 e. The number of nitrogens with zero attached hydrogens (tertiary/aromatic N) is 2. The lowest BCUT2D eigenvalue weighted by molar-refractivity contribution is 0.0937. The molecule has 4 heteroatoms. The molecular formula is C10H13N3O. The number of carbonyl (C=O) groups is 1. The van der Waals surface area contributed by atoms with E-state index in [9.17, 15) is 4.79 Å². The second kappa shape index (κ2) is 4.17. The van der Waals surface area contributed by atoms with E-state index in [1.807, 2.05) is 0 Å². The van der Waals surface area contributed by atoms with Gasteiger partial charge >= 0.3 is 0 Å². The fourth-order valence-electron chi connectivity index (χ4n) is 1.76. The van der Waals surface area contributed by atoms with E-state index in [-0.39, 0.29) is 5.91 Å². The molecule has 0 aliphatic heterocycles. The molecule has 0 aromatic carbocycles. The van der Waals surface area contributed by atoms with Gasteiger partial charge in [0, 0.05) is 6.04 Å². The molecule has 2 rings (SSSR count). The van der Waals surface area contributed by atoms with Crippen molar-refractivity contribution in [3.63, 3.8) is 0 Å². The lowest BCUT2D eigenvalue weighted by Crippen LogP contribution is -2.32. The predicted octanol–water partition coefficient (Wildman–Crippen LogP) is 1.15. The van der Waals surface area contributed by atoms with Gasteiger partial charge in [0.1, 0.15) is 0 Å². The van der Waals surface area contributed by atoms with E-state index in [4.69, 9.17) is 0 Å². The van der Waals surface area contributed by atoms with Crippen molar-refractivity contribution in [1.82, 2.24) is 15.5 Å². The molecule has 0 saturated heterocycles. The summed E-state index contributed by atoms with van der Waals surface area (Å²) in [6, 6.07) is 2.03. The number of nitrogens with one attached hydrogen (secondary N) is 1. The van der Waals surface area contributed by atoms with Crippen LogP contribution in [0.1, 0.15) is 36.0 Å². The zero-order valence-electron chi connectivity index (χ0n) is 7.94. The normalized spacial score (nSPS) is 16.9. The van der Waals surface area contributed by atoms with Crippen LogP contribution in [0.15, 0.2) is 18.5 Å². The van der Waals surface area contributed by atoms with Gasteiger partial charge in [-0.2, -0.15) is 10.2 Å². The van der Waals surface area contributed by atoms with Gasteiger partial charge < -0.3 is 5.32 Å². The summed E-state index contributed by atoms with van der Waals surface area (Å²) in [4.78, 5) is 11.6. The highest BCUT2D eigenvalue weighted by atomic mass is 16.1. The molecule has 1 amide bonds. The molecule has 1 fully saturated rings. The molecule has 0 spiro atoms. The lowest BCUT2D eigenvalue weighted by Gasteiger charge is -2.10. The van der Waals surface area contributed by atoms with E-state index in [1.54, 1.807) is 6.07 Å². The first-order chi connectivity index (χ1) is 6.86. The Morgan fingerprint density at radius 3 is 2.79 bits per heavy atom. The van der Waals surface area contributed by atoms with Gasteiger partial charge in [0.25, 0.3) is 5.91 Å². The number of rotatable bonds is 2. The van der Waals surface area contributed by atoms with Crippen LogP contribution in [0.4, 0.5) is 0 Å². The predicted molar refractivity (Wildman–Crippen MR) is 51.8 cm³/mol. The fraction of sp³-hybridized carbons (Fsp3) is 0.500. The number of carbonyl (C=O) groups excluding carboxylic acids is 1. The van der Waals surface area contributed by atoms with Crippen LogP contribution >= 0.6 is 0 Å². The molecule has 1 N–H and O–H groups in total. The molecular weight excluding hydrogens is 178 g/mol. The fourth-order valence-corrected chi connectivity index (χ4v) is 1.76. The van der Waals surface area contributed by atoms with Gasteiger partial charge in [0.15, 0.2) is 0 Å². The van der Waals surface area contributed by atoms with Crippen molar-refractivity contribution >= 4 is 5.91 Å². The first kappa shape index (κ1) is 9.12. The standard InChI is InChI=1S/C10H13N3O/c14-10(8-5-6-11-12-7-8)13-9-3-1-2-4-9/h5-7,9H,1-4H2,(H,13,14). The second-order valence-electron chi connectivity index (χ2n) is 3.59. The third-order valence-electron chi connectivity index (χ3n) is 2.54. The highest BCUT2D eigenvalue weighted by Gasteiger charge is 2.17. The van der Waals surface area contributed by atoms with E-state index < -0.39 is 0 Å². The summed E-state index contributed by atoms with van der Waals surface area (Å²) in [7, 11) is 0. The first-order valence-electron chi connectivity index (χ1n) is 4.94. The highest BCUT2D eigenvalue weighted by Crippen LogP contribution is 2.17. The highest BCUT2D eigenvalue weighted by molar-refractivity contribution is 5.93. The van der Waals surface area contributed by atoms with Crippen LogP contribution < -0.4 is 5.32 Å². The molecule has 1 aliphatic rings. The van der Waals surface area contributed by atoms with Crippen molar-refractivity contribution in [2.45, 2.75) is 31.7 Å². The zero-order valence-corrected chi connectivity index (χ0v) is 7.94. The van der Waals surface area contributed by atoms with Crippen LogP contribution in [-0.4, -0.2) is 22.1 Å². The minimum absolute atomic E-state index is 0.0354. The topological polar surface area (TPSA) is 54.9 Å². The van der Waals surface area contributed by atoms with Gasteiger partial charge in [-0.3, -0.25) is 4.79 Å². The van der Waals surface area contributed by atoms with Gasteiger partial charge in [-0.15, -0.1) is 0 Å². The van der Waals surface area contributed by atoms with Crippen LogP contribution in [0.2, 0.25) is 0 Å². The molecule has 1 aromatic heterocycles. The van der Waals surface area contributed by atoms with Gasteiger partial charge in [-0.1, -0.05) is 12.8 Å².